The minimum atomic E-state index is -0.642. The highest BCUT2D eigenvalue weighted by molar-refractivity contribution is 7.98. The van der Waals surface area contributed by atoms with E-state index < -0.39 is 6.23 Å². The number of nitrogens with zero attached hydrogens (tertiary/aromatic N) is 4. The second kappa shape index (κ2) is 7.83. The molecule has 0 spiro atoms. The zero-order valence-corrected chi connectivity index (χ0v) is 17.7. The molecule has 1 amide bonds. The van der Waals surface area contributed by atoms with E-state index >= 15 is 0 Å². The Morgan fingerprint density at radius 2 is 1.97 bits per heavy atom. The van der Waals surface area contributed by atoms with E-state index in [1.807, 2.05) is 57.4 Å². The summed E-state index contributed by atoms with van der Waals surface area (Å²) < 4.78 is 6.42. The Kier molecular flexibility index (Phi) is 5.24. The van der Waals surface area contributed by atoms with E-state index in [-0.39, 0.29) is 5.91 Å². The Hall–Kier alpha value is -2.93. The second-order valence-corrected chi connectivity index (χ2v) is 7.69. The van der Waals surface area contributed by atoms with Crippen LogP contribution in [0.2, 0.25) is 0 Å². The molecule has 0 aliphatic carbocycles. The van der Waals surface area contributed by atoms with Crippen molar-refractivity contribution in [1.82, 2.24) is 15.2 Å². The number of hydrogen-bond donors (Lipinski definition) is 0. The number of aromatic nitrogens is 3. The highest BCUT2D eigenvalue weighted by Gasteiger charge is 2.35. The van der Waals surface area contributed by atoms with E-state index in [0.29, 0.717) is 23.2 Å². The molecular formula is C22H22N4O2S. The molecular weight excluding hydrogens is 384 g/mol. The molecule has 0 fully saturated rings. The molecule has 1 aliphatic rings. The minimum Gasteiger partial charge on any atom is -0.447 e. The zero-order chi connectivity index (χ0) is 20.5. The molecule has 148 valence electrons. The van der Waals surface area contributed by atoms with E-state index in [2.05, 4.69) is 27.3 Å². The van der Waals surface area contributed by atoms with Gasteiger partial charge in [0.25, 0.3) is 0 Å². The fourth-order valence-electron chi connectivity index (χ4n) is 3.47. The van der Waals surface area contributed by atoms with Gasteiger partial charge in [-0.1, -0.05) is 60.6 Å². The van der Waals surface area contributed by atoms with Gasteiger partial charge in [0.2, 0.25) is 23.2 Å². The van der Waals surface area contributed by atoms with Crippen molar-refractivity contribution < 1.29 is 9.53 Å². The molecule has 0 saturated heterocycles. The van der Waals surface area contributed by atoms with Crippen molar-refractivity contribution in [3.63, 3.8) is 0 Å². The van der Waals surface area contributed by atoms with E-state index in [1.165, 1.54) is 11.8 Å². The van der Waals surface area contributed by atoms with Gasteiger partial charge in [0, 0.05) is 17.5 Å². The van der Waals surface area contributed by atoms with E-state index in [1.54, 1.807) is 4.90 Å². The third-order valence-corrected chi connectivity index (χ3v) is 5.50. The van der Waals surface area contributed by atoms with Gasteiger partial charge in [-0.15, -0.1) is 10.2 Å². The van der Waals surface area contributed by atoms with Crippen LogP contribution in [0.5, 0.6) is 5.88 Å². The van der Waals surface area contributed by atoms with Crippen LogP contribution in [0.25, 0.3) is 11.3 Å². The molecule has 29 heavy (non-hydrogen) atoms. The summed E-state index contributed by atoms with van der Waals surface area (Å²) in [7, 11) is 0. The normalized spacial score (nSPS) is 15.2. The summed E-state index contributed by atoms with van der Waals surface area (Å²) in [5, 5.41) is 9.10. The predicted octanol–water partition coefficient (Wildman–Crippen LogP) is 4.71. The fourth-order valence-corrected chi connectivity index (χ4v) is 3.76. The highest BCUT2D eigenvalue weighted by atomic mass is 32.2. The van der Waals surface area contributed by atoms with Crippen LogP contribution in [0.3, 0.4) is 0 Å². The molecule has 7 heteroatoms. The van der Waals surface area contributed by atoms with Gasteiger partial charge in [0.1, 0.15) is 0 Å². The average molecular weight is 407 g/mol. The van der Waals surface area contributed by atoms with Crippen molar-refractivity contribution in [1.29, 1.82) is 0 Å². The van der Waals surface area contributed by atoms with Gasteiger partial charge in [-0.3, -0.25) is 9.69 Å². The molecule has 0 saturated carbocycles. The first-order valence-electron chi connectivity index (χ1n) is 9.47. The Morgan fingerprint density at radius 3 is 2.72 bits per heavy atom. The number of aryl methyl sites for hydroxylation is 2. The van der Waals surface area contributed by atoms with Gasteiger partial charge in [-0.25, -0.2) is 0 Å². The summed E-state index contributed by atoms with van der Waals surface area (Å²) in [6.07, 6.45) is 1.60. The monoisotopic (exact) mass is 406 g/mol. The first kappa shape index (κ1) is 19.4. The maximum atomic E-state index is 13.1. The number of rotatable bonds is 3. The Balaban J connectivity index is 2.01. The molecule has 1 unspecified atom stereocenters. The molecule has 0 radical (unpaired) electrons. The van der Waals surface area contributed by atoms with E-state index in [9.17, 15) is 4.79 Å². The maximum absolute atomic E-state index is 13.1. The largest absolute Gasteiger partial charge is 0.447 e. The average Bonchev–Trinajstić information content (AvgIpc) is 2.89. The van der Waals surface area contributed by atoms with Gasteiger partial charge in [-0.2, -0.15) is 4.98 Å². The van der Waals surface area contributed by atoms with Crippen LogP contribution in [0, 0.1) is 13.8 Å². The molecule has 1 aliphatic heterocycles. The smallest absolute Gasteiger partial charge is 0.247 e. The molecule has 4 rings (SSSR count). The van der Waals surface area contributed by atoms with Crippen LogP contribution in [0.4, 0.5) is 5.69 Å². The predicted molar refractivity (Wildman–Crippen MR) is 114 cm³/mol. The number of anilines is 1. The lowest BCUT2D eigenvalue weighted by molar-refractivity contribution is -0.120. The lowest BCUT2D eigenvalue weighted by Crippen LogP contribution is -2.37. The first-order chi connectivity index (χ1) is 14.0. The standard InChI is InChI=1S/C22H22N4O2S/c1-5-18(27)26-17-9-7-6-8-15(17)19-20(23-22(29-4)25-24-19)28-21(26)16-12-13(2)10-11-14(16)3/h6-12,21H,5H2,1-4H3. The third-order valence-electron chi connectivity index (χ3n) is 4.97. The molecule has 0 bridgehead atoms. The number of carbonyl (C=O) groups is 1. The van der Waals surface area contributed by atoms with Crippen molar-refractivity contribution in [2.24, 2.45) is 0 Å². The number of ether oxygens (including phenoxy) is 1. The molecule has 1 atom stereocenters. The van der Waals surface area contributed by atoms with Crippen molar-refractivity contribution in [3.05, 3.63) is 59.2 Å². The summed E-state index contributed by atoms with van der Waals surface area (Å²) in [6, 6.07) is 13.8. The SMILES string of the molecule is CCC(=O)N1c2ccccc2-c2nnc(SC)nc2OC1c1cc(C)ccc1C. The Bertz CT molecular complexity index is 1090. The van der Waals surface area contributed by atoms with Crippen LogP contribution in [-0.4, -0.2) is 27.3 Å². The van der Waals surface area contributed by atoms with Gasteiger partial charge in [0.05, 0.1) is 5.69 Å². The van der Waals surface area contributed by atoms with Crippen molar-refractivity contribution in [2.45, 2.75) is 38.6 Å². The number of carbonyl (C=O) groups excluding carboxylic acids is 1. The lowest BCUT2D eigenvalue weighted by Gasteiger charge is -2.31. The van der Waals surface area contributed by atoms with Crippen LogP contribution in [0.1, 0.15) is 36.3 Å². The Labute approximate surface area is 174 Å². The van der Waals surface area contributed by atoms with Crippen molar-refractivity contribution in [3.8, 4) is 17.1 Å². The summed E-state index contributed by atoms with van der Waals surface area (Å²) in [5.74, 6) is 0.350. The minimum absolute atomic E-state index is 0.0331. The van der Waals surface area contributed by atoms with Crippen LogP contribution < -0.4 is 9.64 Å². The van der Waals surface area contributed by atoms with E-state index in [0.717, 1.165) is 27.9 Å². The van der Waals surface area contributed by atoms with E-state index in [4.69, 9.17) is 4.74 Å². The number of thioether (sulfide) groups is 1. The molecule has 0 N–H and O–H groups in total. The molecule has 6 nitrogen and oxygen atoms in total. The van der Waals surface area contributed by atoms with Gasteiger partial charge < -0.3 is 4.74 Å². The molecule has 1 aromatic heterocycles. The topological polar surface area (TPSA) is 68.2 Å². The molecule has 2 aromatic carbocycles. The number of fused-ring (bicyclic) bond motifs is 3. The zero-order valence-electron chi connectivity index (χ0n) is 16.8. The summed E-state index contributed by atoms with van der Waals surface area (Å²) >= 11 is 1.40. The molecule has 3 aromatic rings. The van der Waals surface area contributed by atoms with Gasteiger partial charge in [0.15, 0.2) is 5.69 Å². The number of amides is 1. The summed E-state index contributed by atoms with van der Waals surface area (Å²) in [4.78, 5) is 19.4. The quantitative estimate of drug-likeness (QED) is 0.587. The maximum Gasteiger partial charge on any atom is 0.247 e. The third kappa shape index (κ3) is 3.46. The number of hydrogen-bond acceptors (Lipinski definition) is 6. The lowest BCUT2D eigenvalue weighted by atomic mass is 10.0. The second-order valence-electron chi connectivity index (χ2n) is 6.92. The van der Waals surface area contributed by atoms with Crippen LogP contribution in [-0.2, 0) is 4.79 Å². The highest BCUT2D eigenvalue weighted by Crippen LogP contribution is 2.44. The first-order valence-corrected chi connectivity index (χ1v) is 10.7. The van der Waals surface area contributed by atoms with Crippen LogP contribution >= 0.6 is 11.8 Å². The summed E-state index contributed by atoms with van der Waals surface area (Å²) in [5.41, 5.74) is 5.14. The van der Waals surface area contributed by atoms with Crippen molar-refractivity contribution >= 4 is 23.4 Å². The van der Waals surface area contributed by atoms with Crippen molar-refractivity contribution in [2.75, 3.05) is 11.2 Å². The fraction of sp³-hybridized carbons (Fsp3) is 0.273. The molecule has 2 heterocycles. The Morgan fingerprint density at radius 1 is 1.17 bits per heavy atom. The number of benzene rings is 2. The number of para-hydroxylation sites is 1. The van der Waals surface area contributed by atoms with Gasteiger partial charge >= 0.3 is 0 Å². The summed E-state index contributed by atoms with van der Waals surface area (Å²) in [6.45, 7) is 5.91. The van der Waals surface area contributed by atoms with Crippen LogP contribution in [0.15, 0.2) is 47.6 Å². The van der Waals surface area contributed by atoms with Gasteiger partial charge in [-0.05, 0) is 31.7 Å².